The lowest BCUT2D eigenvalue weighted by molar-refractivity contribution is -0.369. The molecule has 12 heavy (non-hydrogen) atoms. The lowest BCUT2D eigenvalue weighted by atomic mass is 10.2. The van der Waals surface area contributed by atoms with Gasteiger partial charge in [-0.05, 0) is 13.3 Å². The van der Waals surface area contributed by atoms with Crippen molar-refractivity contribution in [3.05, 3.63) is 0 Å². The van der Waals surface area contributed by atoms with Crippen molar-refractivity contribution in [1.82, 2.24) is 0 Å². The topological polar surface area (TPSA) is 52.4 Å². The minimum absolute atomic E-state index is 0.619. The summed E-state index contributed by atoms with van der Waals surface area (Å²) in [7, 11) is 2.92. The molecule has 1 unspecified atom stereocenters. The lowest BCUT2D eigenvalue weighted by Crippen LogP contribution is -2.37. The maximum atomic E-state index is 5.41. The first-order valence-corrected chi connectivity index (χ1v) is 3.84. The average molecular weight is 174 g/mol. The van der Waals surface area contributed by atoms with Crippen molar-refractivity contribution in [3.8, 4) is 0 Å². The van der Waals surface area contributed by atoms with Crippen LogP contribution in [0.5, 0.6) is 0 Å². The Morgan fingerprint density at radius 1 is 1.25 bits per heavy atom. The molecule has 5 heteroatoms. The maximum absolute atomic E-state index is 5.41. The Hall–Kier alpha value is -0.520. The van der Waals surface area contributed by atoms with Crippen molar-refractivity contribution in [1.29, 1.82) is 0 Å². The Morgan fingerprint density at radius 2 is 1.83 bits per heavy atom. The Kier molecular flexibility index (Phi) is 2.46. The molecular weight excluding hydrogens is 160 g/mol. The fraction of sp³-hybridized carbons (Fsp3) is 1.00. The highest BCUT2D eigenvalue weighted by atomic mass is 16.9. The molecule has 0 aromatic heterocycles. The van der Waals surface area contributed by atoms with Gasteiger partial charge in [-0.2, -0.15) is 5.11 Å². The third-order valence-electron chi connectivity index (χ3n) is 1.90. The van der Waals surface area contributed by atoms with Gasteiger partial charge in [0.15, 0.2) is 5.72 Å². The molecule has 1 aliphatic rings. The summed E-state index contributed by atoms with van der Waals surface area (Å²) in [6.07, 6.45) is -0.601. The average Bonchev–Trinajstić information content (AvgIpc) is 2.46. The molecule has 1 aliphatic heterocycles. The summed E-state index contributed by atoms with van der Waals surface area (Å²) in [5.41, 5.74) is -0.619. The van der Waals surface area contributed by atoms with E-state index in [0.717, 1.165) is 6.42 Å². The Labute approximate surface area is 71.7 Å². The molecule has 1 atom stereocenters. The van der Waals surface area contributed by atoms with Crippen molar-refractivity contribution < 1.29 is 14.2 Å². The van der Waals surface area contributed by atoms with Gasteiger partial charge in [0.2, 0.25) is 0 Å². The zero-order valence-corrected chi connectivity index (χ0v) is 7.83. The van der Waals surface area contributed by atoms with Crippen LogP contribution in [0.3, 0.4) is 0 Å². The number of ether oxygens (including phenoxy) is 3. The summed E-state index contributed by atoms with van der Waals surface area (Å²) in [5, 5.41) is 7.72. The zero-order valence-electron chi connectivity index (χ0n) is 7.83. The van der Waals surface area contributed by atoms with E-state index >= 15 is 0 Å². The van der Waals surface area contributed by atoms with Crippen molar-refractivity contribution >= 4 is 0 Å². The van der Waals surface area contributed by atoms with Crippen LogP contribution in [0.2, 0.25) is 0 Å². The molecule has 0 aromatic rings. The third kappa shape index (κ3) is 1.48. The van der Waals surface area contributed by atoms with Crippen LogP contribution < -0.4 is 0 Å². The molecule has 0 spiro atoms. The van der Waals surface area contributed by atoms with E-state index < -0.39 is 11.8 Å². The van der Waals surface area contributed by atoms with E-state index in [0.29, 0.717) is 0 Å². The predicted octanol–water partition coefficient (Wildman–Crippen LogP) is 1.50. The molecule has 5 nitrogen and oxygen atoms in total. The molecule has 0 aromatic carbocycles. The molecule has 1 rings (SSSR count). The minimum atomic E-state index is -1.33. The fourth-order valence-corrected chi connectivity index (χ4v) is 0.877. The molecule has 0 bridgehead atoms. The number of hydrogen-bond donors (Lipinski definition) is 0. The third-order valence-corrected chi connectivity index (χ3v) is 1.90. The Bertz CT molecular complexity index is 191. The van der Waals surface area contributed by atoms with E-state index in [4.69, 9.17) is 14.2 Å². The molecule has 0 radical (unpaired) electrons. The van der Waals surface area contributed by atoms with Crippen molar-refractivity contribution in [2.24, 2.45) is 10.2 Å². The molecular formula is C7H14N2O3. The standard InChI is InChI=1S/C7H14N2O3/c1-5-6(2)8-9-7(10-3,11-4)12-6/h5H2,1-4H3. The van der Waals surface area contributed by atoms with Crippen LogP contribution in [0.15, 0.2) is 10.2 Å². The monoisotopic (exact) mass is 174 g/mol. The largest absolute Gasteiger partial charge is 0.414 e. The van der Waals surface area contributed by atoms with Gasteiger partial charge in [0.1, 0.15) is 0 Å². The second-order valence-corrected chi connectivity index (χ2v) is 2.76. The van der Waals surface area contributed by atoms with Crippen LogP contribution in [-0.4, -0.2) is 26.0 Å². The first kappa shape index (κ1) is 9.57. The highest BCUT2D eigenvalue weighted by Gasteiger charge is 2.46. The molecule has 70 valence electrons. The quantitative estimate of drug-likeness (QED) is 0.609. The van der Waals surface area contributed by atoms with E-state index in [-0.39, 0.29) is 0 Å². The van der Waals surface area contributed by atoms with Crippen LogP contribution in [0.1, 0.15) is 20.3 Å². The van der Waals surface area contributed by atoms with Gasteiger partial charge in [-0.3, -0.25) is 4.74 Å². The highest BCUT2D eigenvalue weighted by Crippen LogP contribution is 2.34. The number of hydrogen-bond acceptors (Lipinski definition) is 5. The second kappa shape index (κ2) is 3.08. The van der Waals surface area contributed by atoms with Crippen LogP contribution in [0, 0.1) is 0 Å². The molecule has 0 amide bonds. The number of methoxy groups -OCH3 is 2. The van der Waals surface area contributed by atoms with Crippen LogP contribution in [0.4, 0.5) is 0 Å². The molecule has 0 fully saturated rings. The minimum Gasteiger partial charge on any atom is -0.310 e. The lowest BCUT2D eigenvalue weighted by Gasteiger charge is -2.24. The van der Waals surface area contributed by atoms with E-state index in [2.05, 4.69) is 10.2 Å². The highest BCUT2D eigenvalue weighted by molar-refractivity contribution is 4.76. The summed E-state index contributed by atoms with van der Waals surface area (Å²) in [6, 6.07) is 0. The van der Waals surface area contributed by atoms with Gasteiger partial charge in [-0.25, -0.2) is 0 Å². The van der Waals surface area contributed by atoms with Gasteiger partial charge in [-0.15, -0.1) is 0 Å². The van der Waals surface area contributed by atoms with Crippen molar-refractivity contribution in [2.75, 3.05) is 14.2 Å². The maximum Gasteiger partial charge on any atom is 0.414 e. The molecule has 0 aliphatic carbocycles. The van der Waals surface area contributed by atoms with Gasteiger partial charge in [0.25, 0.3) is 0 Å². The van der Waals surface area contributed by atoms with Gasteiger partial charge in [0.05, 0.1) is 0 Å². The fourth-order valence-electron chi connectivity index (χ4n) is 0.877. The van der Waals surface area contributed by atoms with Crippen LogP contribution in [0.25, 0.3) is 0 Å². The van der Waals surface area contributed by atoms with Crippen molar-refractivity contribution in [3.63, 3.8) is 0 Å². The van der Waals surface area contributed by atoms with E-state index in [1.165, 1.54) is 14.2 Å². The van der Waals surface area contributed by atoms with E-state index in [1.807, 2.05) is 13.8 Å². The van der Waals surface area contributed by atoms with E-state index in [1.54, 1.807) is 0 Å². The summed E-state index contributed by atoms with van der Waals surface area (Å²) in [6.45, 7) is 3.79. The number of rotatable bonds is 3. The summed E-state index contributed by atoms with van der Waals surface area (Å²) in [5.74, 6) is 0. The Morgan fingerprint density at radius 3 is 2.08 bits per heavy atom. The van der Waals surface area contributed by atoms with Crippen LogP contribution in [-0.2, 0) is 14.2 Å². The number of azo groups is 1. The van der Waals surface area contributed by atoms with Gasteiger partial charge in [0, 0.05) is 14.2 Å². The smallest absolute Gasteiger partial charge is 0.310 e. The SMILES string of the molecule is CCC1(C)N=NC(OC)(OC)O1. The molecule has 0 saturated carbocycles. The summed E-state index contributed by atoms with van der Waals surface area (Å²) >= 11 is 0. The Balaban J connectivity index is 2.73. The normalized spacial score (nSPS) is 32.7. The zero-order chi connectivity index (χ0) is 9.24. The molecule has 0 saturated heterocycles. The summed E-state index contributed by atoms with van der Waals surface area (Å²) in [4.78, 5) is 0. The predicted molar refractivity (Wildman–Crippen MR) is 41.4 cm³/mol. The van der Waals surface area contributed by atoms with E-state index in [9.17, 15) is 0 Å². The van der Waals surface area contributed by atoms with Gasteiger partial charge < -0.3 is 9.47 Å². The second-order valence-electron chi connectivity index (χ2n) is 2.76. The first-order chi connectivity index (χ1) is 5.60. The number of nitrogens with zero attached hydrogens (tertiary/aromatic N) is 2. The van der Waals surface area contributed by atoms with Crippen LogP contribution >= 0.6 is 0 Å². The van der Waals surface area contributed by atoms with Gasteiger partial charge >= 0.3 is 6.10 Å². The summed E-state index contributed by atoms with van der Waals surface area (Å²) < 4.78 is 15.3. The molecule has 0 N–H and O–H groups in total. The molecule has 1 heterocycles. The van der Waals surface area contributed by atoms with Gasteiger partial charge in [-0.1, -0.05) is 12.0 Å². The first-order valence-electron chi connectivity index (χ1n) is 3.84. The van der Waals surface area contributed by atoms with Crippen molar-refractivity contribution in [2.45, 2.75) is 32.1 Å².